The van der Waals surface area contributed by atoms with E-state index in [-0.39, 0.29) is 29.8 Å². The zero-order chi connectivity index (χ0) is 15.4. The number of carbonyl (C=O) groups is 2. The third-order valence-corrected chi connectivity index (χ3v) is 5.75. The van der Waals surface area contributed by atoms with Crippen molar-refractivity contribution in [1.29, 1.82) is 0 Å². The molecule has 0 aromatic rings. The van der Waals surface area contributed by atoms with Crippen LogP contribution < -0.4 is 5.32 Å². The summed E-state index contributed by atoms with van der Waals surface area (Å²) in [5, 5.41) is 3.88. The second-order valence-corrected chi connectivity index (χ2v) is 7.75. The quantitative estimate of drug-likeness (QED) is 0.848. The molecule has 1 saturated carbocycles. The van der Waals surface area contributed by atoms with Crippen LogP contribution in [0.1, 0.15) is 52.4 Å². The number of amides is 2. The van der Waals surface area contributed by atoms with Gasteiger partial charge in [0.05, 0.1) is 0 Å². The number of nitrogens with one attached hydrogen (secondary N) is 1. The molecule has 1 saturated heterocycles. The van der Waals surface area contributed by atoms with Crippen LogP contribution in [0.5, 0.6) is 0 Å². The summed E-state index contributed by atoms with van der Waals surface area (Å²) in [6, 6.07) is -0.0164. The highest BCUT2D eigenvalue weighted by molar-refractivity contribution is 7.99. The first-order chi connectivity index (χ1) is 10.0. The Bertz CT molecular complexity index is 386. The molecule has 2 fully saturated rings. The van der Waals surface area contributed by atoms with Crippen molar-refractivity contribution in [3.8, 4) is 0 Å². The summed E-state index contributed by atoms with van der Waals surface area (Å²) < 4.78 is 0. The first-order valence-electron chi connectivity index (χ1n) is 8.15. The van der Waals surface area contributed by atoms with E-state index in [0.29, 0.717) is 11.7 Å². The average Bonchev–Trinajstić information content (AvgIpc) is 2.85. The molecule has 0 unspecified atom stereocenters. The minimum absolute atomic E-state index is 0.0482. The first-order valence-corrected chi connectivity index (χ1v) is 9.44. The third kappa shape index (κ3) is 4.15. The Morgan fingerprint density at radius 2 is 2.10 bits per heavy atom. The lowest BCUT2D eigenvalue weighted by molar-refractivity contribution is -0.139. The monoisotopic (exact) mass is 312 g/mol. The number of likely N-dealkylation sites (tertiary alicyclic amines) is 1. The fourth-order valence-corrected chi connectivity index (χ4v) is 4.37. The fourth-order valence-electron chi connectivity index (χ4n) is 3.54. The van der Waals surface area contributed by atoms with Gasteiger partial charge in [0.2, 0.25) is 11.8 Å². The molecule has 0 aromatic heterocycles. The molecule has 1 aliphatic heterocycles. The summed E-state index contributed by atoms with van der Waals surface area (Å²) in [4.78, 5) is 26.4. The molecule has 0 bridgehead atoms. The molecule has 2 rings (SSSR count). The molecule has 1 N–H and O–H groups in total. The molecular weight excluding hydrogens is 284 g/mol. The average molecular weight is 312 g/mol. The van der Waals surface area contributed by atoms with E-state index in [1.165, 1.54) is 12.8 Å². The van der Waals surface area contributed by atoms with E-state index in [1.807, 2.05) is 25.6 Å². The maximum Gasteiger partial charge on any atom is 0.243 e. The van der Waals surface area contributed by atoms with Crippen molar-refractivity contribution in [3.05, 3.63) is 0 Å². The van der Waals surface area contributed by atoms with E-state index in [9.17, 15) is 9.59 Å². The van der Waals surface area contributed by atoms with Gasteiger partial charge >= 0.3 is 0 Å². The van der Waals surface area contributed by atoms with E-state index < -0.39 is 0 Å². The van der Waals surface area contributed by atoms with Gasteiger partial charge in [-0.05, 0) is 37.9 Å². The minimum atomic E-state index is -0.297. The van der Waals surface area contributed by atoms with Gasteiger partial charge in [0.15, 0.2) is 0 Å². The van der Waals surface area contributed by atoms with Gasteiger partial charge < -0.3 is 10.2 Å². The summed E-state index contributed by atoms with van der Waals surface area (Å²) in [5.41, 5.74) is 0. The van der Waals surface area contributed by atoms with E-state index >= 15 is 0 Å². The van der Waals surface area contributed by atoms with Crippen LogP contribution in [0.2, 0.25) is 0 Å². The second kappa shape index (κ2) is 7.52. The SMILES string of the molecule is CS[C@H]1CCC[C@H](NC(=O)[C@H](C(C)C)N2CCCC2=O)C1. The zero-order valence-electron chi connectivity index (χ0n) is 13.4. The van der Waals surface area contributed by atoms with E-state index in [0.717, 1.165) is 25.8 Å². The third-order valence-electron chi connectivity index (χ3n) is 4.65. The largest absolute Gasteiger partial charge is 0.352 e. The number of nitrogens with zero attached hydrogens (tertiary/aromatic N) is 1. The molecule has 1 aliphatic carbocycles. The smallest absolute Gasteiger partial charge is 0.243 e. The van der Waals surface area contributed by atoms with Crippen LogP contribution in [0.4, 0.5) is 0 Å². The lowest BCUT2D eigenvalue weighted by Crippen LogP contribution is -2.53. The second-order valence-electron chi connectivity index (χ2n) is 6.61. The summed E-state index contributed by atoms with van der Waals surface area (Å²) in [6.07, 6.45) is 8.20. The van der Waals surface area contributed by atoms with Crippen molar-refractivity contribution in [2.45, 2.75) is 69.7 Å². The van der Waals surface area contributed by atoms with Gasteiger partial charge in [-0.3, -0.25) is 9.59 Å². The van der Waals surface area contributed by atoms with Gasteiger partial charge in [0.25, 0.3) is 0 Å². The highest BCUT2D eigenvalue weighted by atomic mass is 32.2. The highest BCUT2D eigenvalue weighted by Crippen LogP contribution is 2.27. The molecule has 2 aliphatic rings. The molecule has 0 radical (unpaired) electrons. The lowest BCUT2D eigenvalue weighted by Gasteiger charge is -2.34. The van der Waals surface area contributed by atoms with Crippen LogP contribution in [0.25, 0.3) is 0 Å². The summed E-state index contributed by atoms with van der Waals surface area (Å²) in [6.45, 7) is 4.79. The van der Waals surface area contributed by atoms with Gasteiger partial charge in [-0.1, -0.05) is 20.3 Å². The topological polar surface area (TPSA) is 49.4 Å². The predicted molar refractivity (Wildman–Crippen MR) is 87.3 cm³/mol. The van der Waals surface area contributed by atoms with Crippen LogP contribution in [0, 0.1) is 5.92 Å². The number of thioether (sulfide) groups is 1. The van der Waals surface area contributed by atoms with E-state index in [1.54, 1.807) is 4.90 Å². The predicted octanol–water partition coefficient (Wildman–Crippen LogP) is 2.42. The number of hydrogen-bond donors (Lipinski definition) is 1. The normalized spacial score (nSPS) is 28.0. The highest BCUT2D eigenvalue weighted by Gasteiger charge is 2.36. The Labute approximate surface area is 132 Å². The lowest BCUT2D eigenvalue weighted by atomic mass is 9.93. The summed E-state index contributed by atoms with van der Waals surface area (Å²) in [7, 11) is 0. The summed E-state index contributed by atoms with van der Waals surface area (Å²) >= 11 is 1.90. The molecule has 3 atom stereocenters. The zero-order valence-corrected chi connectivity index (χ0v) is 14.2. The van der Waals surface area contributed by atoms with Crippen molar-refractivity contribution in [3.63, 3.8) is 0 Å². The van der Waals surface area contributed by atoms with Gasteiger partial charge in [0, 0.05) is 24.3 Å². The minimum Gasteiger partial charge on any atom is -0.352 e. The molecule has 1 heterocycles. The molecular formula is C16H28N2O2S. The van der Waals surface area contributed by atoms with Crippen molar-refractivity contribution in [1.82, 2.24) is 10.2 Å². The Morgan fingerprint density at radius 3 is 2.67 bits per heavy atom. The number of carbonyl (C=O) groups excluding carboxylic acids is 2. The Hall–Kier alpha value is -0.710. The van der Waals surface area contributed by atoms with Crippen LogP contribution >= 0.6 is 11.8 Å². The van der Waals surface area contributed by atoms with E-state index in [4.69, 9.17) is 0 Å². The van der Waals surface area contributed by atoms with Crippen LogP contribution in [-0.2, 0) is 9.59 Å². The fraction of sp³-hybridized carbons (Fsp3) is 0.875. The molecule has 4 nitrogen and oxygen atoms in total. The van der Waals surface area contributed by atoms with Crippen LogP contribution in [0.15, 0.2) is 0 Å². The number of rotatable bonds is 5. The molecule has 5 heteroatoms. The van der Waals surface area contributed by atoms with Gasteiger partial charge in [-0.25, -0.2) is 0 Å². The Balaban J connectivity index is 1.97. The standard InChI is InChI=1S/C16H28N2O2S/c1-11(2)15(18-9-5-8-14(18)19)16(20)17-12-6-4-7-13(10-12)21-3/h11-13,15H,4-10H2,1-3H3,(H,17,20)/t12-,13-,15-/m0/s1. The molecule has 0 spiro atoms. The molecule has 120 valence electrons. The van der Waals surface area contributed by atoms with Crippen molar-refractivity contribution in [2.24, 2.45) is 5.92 Å². The van der Waals surface area contributed by atoms with Gasteiger partial charge in [0.1, 0.15) is 6.04 Å². The van der Waals surface area contributed by atoms with Crippen LogP contribution in [0.3, 0.4) is 0 Å². The Kier molecular flexibility index (Phi) is 5.97. The van der Waals surface area contributed by atoms with Gasteiger partial charge in [-0.15, -0.1) is 0 Å². The van der Waals surface area contributed by atoms with Crippen LogP contribution in [-0.4, -0.2) is 46.8 Å². The summed E-state index contributed by atoms with van der Waals surface area (Å²) in [5.74, 6) is 0.341. The first kappa shape index (κ1) is 16.7. The van der Waals surface area contributed by atoms with Crippen molar-refractivity contribution < 1.29 is 9.59 Å². The Morgan fingerprint density at radius 1 is 1.33 bits per heavy atom. The van der Waals surface area contributed by atoms with Crippen molar-refractivity contribution in [2.75, 3.05) is 12.8 Å². The molecule has 21 heavy (non-hydrogen) atoms. The number of hydrogen-bond acceptors (Lipinski definition) is 3. The molecule has 2 amide bonds. The molecule has 0 aromatic carbocycles. The maximum absolute atomic E-state index is 12.7. The maximum atomic E-state index is 12.7. The van der Waals surface area contributed by atoms with Gasteiger partial charge in [-0.2, -0.15) is 11.8 Å². The van der Waals surface area contributed by atoms with E-state index in [2.05, 4.69) is 11.6 Å². The van der Waals surface area contributed by atoms with Crippen molar-refractivity contribution >= 4 is 23.6 Å².